The van der Waals surface area contributed by atoms with Crippen molar-refractivity contribution in [3.8, 4) is 0 Å². The Morgan fingerprint density at radius 2 is 2.26 bits per heavy atom. The first-order valence-corrected chi connectivity index (χ1v) is 7.87. The summed E-state index contributed by atoms with van der Waals surface area (Å²) < 4.78 is 4.19. The summed E-state index contributed by atoms with van der Waals surface area (Å²) in [6.45, 7) is 0. The van der Waals surface area contributed by atoms with Gasteiger partial charge in [0, 0.05) is 33.0 Å². The summed E-state index contributed by atoms with van der Waals surface area (Å²) in [6, 6.07) is 8.43. The molecule has 0 aliphatic carbocycles. The van der Waals surface area contributed by atoms with Crippen molar-refractivity contribution in [2.75, 3.05) is 0 Å². The third kappa shape index (κ3) is 3.77. The van der Waals surface area contributed by atoms with E-state index in [0.717, 1.165) is 17.3 Å². The second-order valence-electron chi connectivity index (χ2n) is 4.37. The molecule has 1 heterocycles. The molecule has 0 amide bonds. The maximum atomic E-state index is 5.71. The normalized spacial score (nSPS) is 12.6. The van der Waals surface area contributed by atoms with E-state index in [2.05, 4.69) is 61.2 Å². The number of nitrogens with two attached hydrogens (primary N) is 1. The van der Waals surface area contributed by atoms with Gasteiger partial charge in [-0.25, -0.2) is 0 Å². The Labute approximate surface area is 135 Å². The van der Waals surface area contributed by atoms with Crippen molar-refractivity contribution in [1.29, 1.82) is 0 Å². The minimum Gasteiger partial charge on any atom is -0.273 e. The van der Waals surface area contributed by atoms with E-state index in [-0.39, 0.29) is 6.04 Å². The smallest absolute Gasteiger partial charge is 0.0492 e. The van der Waals surface area contributed by atoms with E-state index in [1.807, 2.05) is 30.1 Å². The quantitative estimate of drug-likeness (QED) is 0.432. The fourth-order valence-corrected chi connectivity index (χ4v) is 3.14. The van der Waals surface area contributed by atoms with Crippen molar-refractivity contribution in [1.82, 2.24) is 15.2 Å². The van der Waals surface area contributed by atoms with Crippen molar-refractivity contribution in [3.05, 3.63) is 49.8 Å². The third-order valence-corrected chi connectivity index (χ3v) is 4.62. The molecule has 0 fully saturated rings. The van der Waals surface area contributed by atoms with Gasteiger partial charge in [0.1, 0.15) is 0 Å². The van der Waals surface area contributed by atoms with Crippen LogP contribution in [0.2, 0.25) is 0 Å². The number of hydrogen-bond donors (Lipinski definition) is 2. The molecule has 2 aromatic rings. The second-order valence-corrected chi connectivity index (χ2v) is 6.45. The molecule has 0 saturated heterocycles. The monoisotopic (exact) mass is 434 g/mol. The molecule has 0 saturated carbocycles. The third-order valence-electron chi connectivity index (χ3n) is 3.15. The van der Waals surface area contributed by atoms with Crippen LogP contribution in [-0.2, 0) is 13.5 Å². The van der Waals surface area contributed by atoms with Crippen LogP contribution in [0.5, 0.6) is 0 Å². The van der Waals surface area contributed by atoms with E-state index in [1.165, 1.54) is 14.8 Å². The number of halogens is 2. The van der Waals surface area contributed by atoms with E-state index in [9.17, 15) is 0 Å². The number of nitrogens with zero attached hydrogens (tertiary/aromatic N) is 2. The van der Waals surface area contributed by atoms with Gasteiger partial charge in [-0.3, -0.25) is 16.0 Å². The molecule has 1 unspecified atom stereocenters. The lowest BCUT2D eigenvalue weighted by molar-refractivity contribution is 0.505. The minimum absolute atomic E-state index is 0.138. The van der Waals surface area contributed by atoms with Crippen molar-refractivity contribution >= 4 is 38.5 Å². The van der Waals surface area contributed by atoms with Gasteiger partial charge in [-0.15, -0.1) is 0 Å². The molecule has 1 aromatic heterocycles. The molecule has 102 valence electrons. The van der Waals surface area contributed by atoms with E-state index < -0.39 is 0 Å². The van der Waals surface area contributed by atoms with Crippen LogP contribution in [-0.4, -0.2) is 9.78 Å². The number of hydrogen-bond acceptors (Lipinski definition) is 3. The van der Waals surface area contributed by atoms with Crippen LogP contribution in [0.4, 0.5) is 0 Å². The Morgan fingerprint density at radius 1 is 1.47 bits per heavy atom. The van der Waals surface area contributed by atoms with Crippen molar-refractivity contribution in [2.45, 2.75) is 18.9 Å². The summed E-state index contributed by atoms with van der Waals surface area (Å²) >= 11 is 5.85. The summed E-state index contributed by atoms with van der Waals surface area (Å²) in [5.41, 5.74) is 5.35. The maximum absolute atomic E-state index is 5.71. The van der Waals surface area contributed by atoms with E-state index >= 15 is 0 Å². The molecule has 4 nitrogen and oxygen atoms in total. The van der Waals surface area contributed by atoms with E-state index in [1.54, 1.807) is 0 Å². The highest BCUT2D eigenvalue weighted by Gasteiger charge is 2.14. The van der Waals surface area contributed by atoms with Gasteiger partial charge < -0.3 is 0 Å². The molecule has 1 atom stereocenters. The summed E-state index contributed by atoms with van der Waals surface area (Å²) in [5, 5.41) is 4.18. The summed E-state index contributed by atoms with van der Waals surface area (Å²) in [6.07, 6.45) is 3.69. The van der Waals surface area contributed by atoms with Crippen LogP contribution in [0.15, 0.2) is 34.9 Å². The van der Waals surface area contributed by atoms with Gasteiger partial charge in [0.25, 0.3) is 0 Å². The molecule has 2 rings (SSSR count). The van der Waals surface area contributed by atoms with Gasteiger partial charge in [0.15, 0.2) is 0 Å². The number of nitrogens with one attached hydrogen (secondary N) is 1. The lowest BCUT2D eigenvalue weighted by Gasteiger charge is -2.18. The van der Waals surface area contributed by atoms with Crippen LogP contribution in [0, 0.1) is 3.57 Å². The highest BCUT2D eigenvalue weighted by atomic mass is 127. The zero-order valence-electron chi connectivity index (χ0n) is 10.6. The van der Waals surface area contributed by atoms with Gasteiger partial charge in [0.2, 0.25) is 0 Å². The average Bonchev–Trinajstić information content (AvgIpc) is 2.80. The first-order chi connectivity index (χ1) is 9.11. The van der Waals surface area contributed by atoms with Crippen molar-refractivity contribution in [3.63, 3.8) is 0 Å². The minimum atomic E-state index is 0.138. The van der Waals surface area contributed by atoms with Gasteiger partial charge in [-0.1, -0.05) is 15.9 Å². The molecule has 0 spiro atoms. The maximum Gasteiger partial charge on any atom is 0.0492 e. The summed E-state index contributed by atoms with van der Waals surface area (Å²) in [4.78, 5) is 0. The van der Waals surface area contributed by atoms with Gasteiger partial charge in [-0.2, -0.15) is 5.10 Å². The largest absolute Gasteiger partial charge is 0.273 e. The van der Waals surface area contributed by atoms with Crippen LogP contribution in [0.3, 0.4) is 0 Å². The highest BCUT2D eigenvalue weighted by molar-refractivity contribution is 14.1. The van der Waals surface area contributed by atoms with E-state index in [4.69, 9.17) is 5.84 Å². The standard InChI is InChI=1S/C13H16BrIN4/c1-19-10(6-7-17-19)3-5-13(18-16)11-8-9(14)2-4-12(11)15/h2,4,6-8,13,18H,3,5,16H2,1H3. The van der Waals surface area contributed by atoms with E-state index in [0.29, 0.717) is 0 Å². The molecule has 0 radical (unpaired) electrons. The Hall–Kier alpha value is -0.440. The first-order valence-electron chi connectivity index (χ1n) is 5.99. The topological polar surface area (TPSA) is 55.9 Å². The molecule has 6 heteroatoms. The average molecular weight is 435 g/mol. The Balaban J connectivity index is 2.12. The van der Waals surface area contributed by atoms with Crippen LogP contribution in [0.1, 0.15) is 23.7 Å². The number of aromatic nitrogens is 2. The Kier molecular flexibility index (Phi) is 5.37. The number of rotatable bonds is 5. The molecule has 0 aliphatic heterocycles. The predicted molar refractivity (Wildman–Crippen MR) is 88.5 cm³/mol. The predicted octanol–water partition coefficient (Wildman–Crippen LogP) is 2.92. The SMILES string of the molecule is Cn1nccc1CCC(NN)c1cc(Br)ccc1I. The Morgan fingerprint density at radius 3 is 2.89 bits per heavy atom. The second kappa shape index (κ2) is 6.83. The summed E-state index contributed by atoms with van der Waals surface area (Å²) in [7, 11) is 1.96. The number of benzene rings is 1. The first kappa shape index (κ1) is 15.0. The van der Waals surface area contributed by atoms with Gasteiger partial charge in [0.05, 0.1) is 0 Å². The number of hydrazine groups is 1. The fraction of sp³-hybridized carbons (Fsp3) is 0.308. The van der Waals surface area contributed by atoms with Crippen LogP contribution in [0.25, 0.3) is 0 Å². The Bertz CT molecular complexity index is 555. The molecule has 0 bridgehead atoms. The molecule has 1 aromatic carbocycles. The fourth-order valence-electron chi connectivity index (χ4n) is 2.05. The molecular formula is C13H16BrIN4. The van der Waals surface area contributed by atoms with Crippen LogP contribution >= 0.6 is 38.5 Å². The molecule has 3 N–H and O–H groups in total. The van der Waals surface area contributed by atoms with Crippen molar-refractivity contribution < 1.29 is 0 Å². The van der Waals surface area contributed by atoms with Gasteiger partial charge >= 0.3 is 0 Å². The zero-order valence-corrected chi connectivity index (χ0v) is 14.3. The lowest BCUT2D eigenvalue weighted by atomic mass is 10.0. The molecule has 19 heavy (non-hydrogen) atoms. The summed E-state index contributed by atoms with van der Waals surface area (Å²) in [5.74, 6) is 5.71. The zero-order chi connectivity index (χ0) is 13.8. The molecular weight excluding hydrogens is 419 g/mol. The van der Waals surface area contributed by atoms with Crippen LogP contribution < -0.4 is 11.3 Å². The molecule has 0 aliphatic rings. The van der Waals surface area contributed by atoms with Gasteiger partial charge in [-0.05, 0) is 65.3 Å². The van der Waals surface area contributed by atoms with Crippen molar-refractivity contribution in [2.24, 2.45) is 12.9 Å². The lowest BCUT2D eigenvalue weighted by Crippen LogP contribution is -2.29. The highest BCUT2D eigenvalue weighted by Crippen LogP contribution is 2.26. The number of aryl methyl sites for hydroxylation is 2.